The minimum Gasteiger partial charge on any atom is -0.258 e. The predicted molar refractivity (Wildman–Crippen MR) is 47.8 cm³/mol. The van der Waals surface area contributed by atoms with Gasteiger partial charge in [-0.2, -0.15) is 0 Å². The Labute approximate surface area is 70.5 Å². The van der Waals surface area contributed by atoms with Crippen LogP contribution in [0.25, 0.3) is 5.57 Å². The molecule has 1 aromatic carbocycles. The molecule has 1 rings (SSSR count). The lowest BCUT2D eigenvalue weighted by Gasteiger charge is -1.97. The monoisotopic (exact) mass is 163 g/mol. The molecular formula is C9H9NO2. The van der Waals surface area contributed by atoms with Crippen LogP contribution in [0.2, 0.25) is 0 Å². The zero-order chi connectivity index (χ0) is 9.14. The highest BCUT2D eigenvalue weighted by Crippen LogP contribution is 2.17. The van der Waals surface area contributed by atoms with Crippen molar-refractivity contribution in [3.63, 3.8) is 0 Å². The van der Waals surface area contributed by atoms with E-state index in [4.69, 9.17) is 0 Å². The zero-order valence-corrected chi connectivity index (χ0v) is 6.78. The van der Waals surface area contributed by atoms with Crippen molar-refractivity contribution in [1.29, 1.82) is 0 Å². The van der Waals surface area contributed by atoms with Crippen molar-refractivity contribution in [2.75, 3.05) is 0 Å². The van der Waals surface area contributed by atoms with Crippen LogP contribution in [-0.4, -0.2) is 4.92 Å². The molecule has 0 aliphatic heterocycles. The third kappa shape index (κ3) is 1.69. The van der Waals surface area contributed by atoms with Crippen LogP contribution in [0.5, 0.6) is 0 Å². The van der Waals surface area contributed by atoms with Crippen molar-refractivity contribution in [2.24, 2.45) is 0 Å². The van der Waals surface area contributed by atoms with Crippen molar-refractivity contribution < 1.29 is 4.92 Å². The van der Waals surface area contributed by atoms with Crippen LogP contribution in [0.15, 0.2) is 30.8 Å². The van der Waals surface area contributed by atoms with Crippen LogP contribution < -0.4 is 0 Å². The number of nitrogens with zero attached hydrogens (tertiary/aromatic N) is 1. The Balaban J connectivity index is 3.12. The summed E-state index contributed by atoms with van der Waals surface area (Å²) < 4.78 is 0. The molecule has 12 heavy (non-hydrogen) atoms. The molecule has 0 saturated carbocycles. The van der Waals surface area contributed by atoms with Gasteiger partial charge in [-0.1, -0.05) is 24.3 Å². The number of rotatable bonds is 2. The fourth-order valence-electron chi connectivity index (χ4n) is 0.885. The minimum atomic E-state index is -0.410. The van der Waals surface area contributed by atoms with Crippen molar-refractivity contribution in [3.05, 3.63) is 46.5 Å². The Morgan fingerprint density at radius 3 is 2.75 bits per heavy atom. The van der Waals surface area contributed by atoms with Gasteiger partial charge in [0.25, 0.3) is 5.69 Å². The molecule has 0 N–H and O–H groups in total. The van der Waals surface area contributed by atoms with Gasteiger partial charge in [0.15, 0.2) is 0 Å². The summed E-state index contributed by atoms with van der Waals surface area (Å²) in [6.07, 6.45) is 0. The largest absolute Gasteiger partial charge is 0.270 e. The molecule has 0 bridgehead atoms. The molecule has 62 valence electrons. The van der Waals surface area contributed by atoms with E-state index < -0.39 is 4.92 Å². The third-order valence-corrected chi connectivity index (χ3v) is 1.55. The molecule has 0 spiro atoms. The molecule has 0 saturated heterocycles. The smallest absolute Gasteiger partial charge is 0.258 e. The lowest BCUT2D eigenvalue weighted by atomic mass is 10.1. The van der Waals surface area contributed by atoms with Gasteiger partial charge >= 0.3 is 0 Å². The maximum Gasteiger partial charge on any atom is 0.270 e. The quantitative estimate of drug-likeness (QED) is 0.496. The van der Waals surface area contributed by atoms with E-state index in [1.165, 1.54) is 12.1 Å². The molecule has 0 fully saturated rings. The second-order valence-electron chi connectivity index (χ2n) is 2.59. The number of benzene rings is 1. The summed E-state index contributed by atoms with van der Waals surface area (Å²) in [7, 11) is 0. The van der Waals surface area contributed by atoms with E-state index in [0.717, 1.165) is 11.1 Å². The van der Waals surface area contributed by atoms with Gasteiger partial charge in [-0.05, 0) is 12.5 Å². The molecule has 0 amide bonds. The van der Waals surface area contributed by atoms with E-state index in [0.29, 0.717) is 0 Å². The van der Waals surface area contributed by atoms with Gasteiger partial charge in [0.05, 0.1) is 4.92 Å². The summed E-state index contributed by atoms with van der Waals surface area (Å²) in [5.74, 6) is 0. The lowest BCUT2D eigenvalue weighted by molar-refractivity contribution is -0.384. The van der Waals surface area contributed by atoms with Crippen LogP contribution >= 0.6 is 0 Å². The predicted octanol–water partition coefficient (Wildman–Crippen LogP) is 2.63. The Morgan fingerprint density at radius 2 is 2.25 bits per heavy atom. The first-order chi connectivity index (χ1) is 5.61. The highest BCUT2D eigenvalue weighted by atomic mass is 16.6. The molecule has 3 nitrogen and oxygen atoms in total. The summed E-state index contributed by atoms with van der Waals surface area (Å²) in [6, 6.07) is 6.44. The van der Waals surface area contributed by atoms with Crippen molar-refractivity contribution >= 4 is 11.3 Å². The second kappa shape index (κ2) is 3.17. The highest BCUT2D eigenvalue weighted by molar-refractivity contribution is 5.63. The summed E-state index contributed by atoms with van der Waals surface area (Å²) in [6.45, 7) is 5.52. The maximum atomic E-state index is 10.4. The summed E-state index contributed by atoms with van der Waals surface area (Å²) in [5, 5.41) is 10.4. The van der Waals surface area contributed by atoms with E-state index in [-0.39, 0.29) is 5.69 Å². The first-order valence-electron chi connectivity index (χ1n) is 3.51. The van der Waals surface area contributed by atoms with E-state index in [9.17, 15) is 10.1 Å². The number of hydrogen-bond donors (Lipinski definition) is 0. The van der Waals surface area contributed by atoms with Gasteiger partial charge in [0.2, 0.25) is 0 Å². The van der Waals surface area contributed by atoms with E-state index in [2.05, 4.69) is 6.58 Å². The molecular weight excluding hydrogens is 154 g/mol. The lowest BCUT2D eigenvalue weighted by Crippen LogP contribution is -1.88. The fraction of sp³-hybridized carbons (Fsp3) is 0.111. The Kier molecular flexibility index (Phi) is 2.24. The molecule has 0 heterocycles. The summed E-state index contributed by atoms with van der Waals surface area (Å²) in [5.41, 5.74) is 1.75. The van der Waals surface area contributed by atoms with Crippen LogP contribution in [0.4, 0.5) is 5.69 Å². The van der Waals surface area contributed by atoms with Gasteiger partial charge < -0.3 is 0 Å². The molecule has 1 aromatic rings. The average Bonchev–Trinajstić information content (AvgIpc) is 2.04. The SMILES string of the molecule is C=C(C)c1cccc([N+](=O)[O-])c1. The number of nitro groups is 1. The van der Waals surface area contributed by atoms with Gasteiger partial charge in [-0.3, -0.25) is 10.1 Å². The Hall–Kier alpha value is -1.64. The Morgan fingerprint density at radius 1 is 1.58 bits per heavy atom. The minimum absolute atomic E-state index is 0.107. The molecule has 0 aliphatic carbocycles. The molecule has 0 aliphatic rings. The standard InChI is InChI=1S/C9H9NO2/c1-7(2)8-4-3-5-9(6-8)10(11)12/h3-6H,1H2,2H3. The first-order valence-corrected chi connectivity index (χ1v) is 3.51. The molecule has 0 radical (unpaired) electrons. The van der Waals surface area contributed by atoms with Gasteiger partial charge in [0, 0.05) is 12.1 Å². The molecule has 0 atom stereocenters. The van der Waals surface area contributed by atoms with Gasteiger partial charge in [-0.15, -0.1) is 0 Å². The van der Waals surface area contributed by atoms with Gasteiger partial charge in [-0.25, -0.2) is 0 Å². The van der Waals surface area contributed by atoms with E-state index in [1.807, 2.05) is 6.92 Å². The highest BCUT2D eigenvalue weighted by Gasteiger charge is 2.04. The maximum absolute atomic E-state index is 10.4. The summed E-state index contributed by atoms with van der Waals surface area (Å²) >= 11 is 0. The normalized spacial score (nSPS) is 9.42. The van der Waals surface area contributed by atoms with Crippen LogP contribution in [0.1, 0.15) is 12.5 Å². The van der Waals surface area contributed by atoms with Crippen molar-refractivity contribution in [1.82, 2.24) is 0 Å². The van der Waals surface area contributed by atoms with Crippen LogP contribution in [-0.2, 0) is 0 Å². The topological polar surface area (TPSA) is 43.1 Å². The summed E-state index contributed by atoms with van der Waals surface area (Å²) in [4.78, 5) is 9.94. The van der Waals surface area contributed by atoms with E-state index in [1.54, 1.807) is 12.1 Å². The van der Waals surface area contributed by atoms with Crippen molar-refractivity contribution in [2.45, 2.75) is 6.92 Å². The van der Waals surface area contributed by atoms with E-state index >= 15 is 0 Å². The average molecular weight is 163 g/mol. The molecule has 0 aromatic heterocycles. The molecule has 3 heteroatoms. The van der Waals surface area contributed by atoms with Crippen LogP contribution in [0.3, 0.4) is 0 Å². The van der Waals surface area contributed by atoms with Gasteiger partial charge in [0.1, 0.15) is 0 Å². The first kappa shape index (κ1) is 8.46. The van der Waals surface area contributed by atoms with Crippen LogP contribution in [0, 0.1) is 10.1 Å². The zero-order valence-electron chi connectivity index (χ0n) is 6.78. The number of non-ortho nitro benzene ring substituents is 1. The number of nitro benzene ring substituents is 1. The fourth-order valence-corrected chi connectivity index (χ4v) is 0.885. The second-order valence-corrected chi connectivity index (χ2v) is 2.59. The number of allylic oxidation sites excluding steroid dienone is 1. The number of hydrogen-bond acceptors (Lipinski definition) is 2. The Bertz CT molecular complexity index is 302. The molecule has 0 unspecified atom stereocenters. The van der Waals surface area contributed by atoms with Crippen molar-refractivity contribution in [3.8, 4) is 0 Å². The third-order valence-electron chi connectivity index (χ3n) is 1.55.